The molecule has 0 aliphatic rings. The van der Waals surface area contributed by atoms with Gasteiger partial charge in [-0.05, 0) is 34.7 Å². The van der Waals surface area contributed by atoms with Gasteiger partial charge in [0, 0.05) is 22.0 Å². The number of hydrogen-bond donors (Lipinski definition) is 1. The highest BCUT2D eigenvalue weighted by Crippen LogP contribution is 2.21. The summed E-state index contributed by atoms with van der Waals surface area (Å²) in [5.41, 5.74) is 5.42. The van der Waals surface area contributed by atoms with Crippen LogP contribution in [0.2, 0.25) is 0 Å². The lowest BCUT2D eigenvalue weighted by atomic mass is 10.3. The van der Waals surface area contributed by atoms with Crippen LogP contribution in [0, 0.1) is 9.39 Å². The molecule has 2 rings (SSSR count). The van der Waals surface area contributed by atoms with Gasteiger partial charge in [-0.1, -0.05) is 0 Å². The van der Waals surface area contributed by atoms with Gasteiger partial charge in [0.05, 0.1) is 5.69 Å². The topological polar surface area (TPSA) is 61.0 Å². The zero-order chi connectivity index (χ0) is 11.5. The molecular formula is C10H7FIN3O. The van der Waals surface area contributed by atoms with Crippen molar-refractivity contribution in [2.45, 2.75) is 0 Å². The summed E-state index contributed by atoms with van der Waals surface area (Å²) < 4.78 is 19.2. The molecular weight excluding hydrogens is 324 g/mol. The van der Waals surface area contributed by atoms with Gasteiger partial charge in [0.25, 0.3) is 0 Å². The van der Waals surface area contributed by atoms with Crippen molar-refractivity contribution in [3.05, 3.63) is 40.0 Å². The fourth-order valence-corrected chi connectivity index (χ4v) is 1.31. The van der Waals surface area contributed by atoms with Crippen LogP contribution in [0.15, 0.2) is 30.6 Å². The molecule has 0 saturated heterocycles. The Kier molecular flexibility index (Phi) is 3.18. The van der Waals surface area contributed by atoms with E-state index in [4.69, 9.17) is 10.5 Å². The normalized spacial score (nSPS) is 10.1. The lowest BCUT2D eigenvalue weighted by Gasteiger charge is -2.04. The van der Waals surface area contributed by atoms with Crippen molar-refractivity contribution in [1.29, 1.82) is 0 Å². The summed E-state index contributed by atoms with van der Waals surface area (Å²) in [7, 11) is 0. The predicted molar refractivity (Wildman–Crippen MR) is 65.6 cm³/mol. The number of anilines is 1. The van der Waals surface area contributed by atoms with Gasteiger partial charge in [0.2, 0.25) is 0 Å². The SMILES string of the molecule is Nc1ccc(Oc2ncc(I)cn2)cc1F. The lowest BCUT2D eigenvalue weighted by Crippen LogP contribution is -1.94. The highest BCUT2D eigenvalue weighted by Gasteiger charge is 2.03. The fraction of sp³-hybridized carbons (Fsp3) is 0. The molecule has 0 amide bonds. The molecule has 2 N–H and O–H groups in total. The second kappa shape index (κ2) is 4.60. The van der Waals surface area contributed by atoms with Crippen LogP contribution in [0.3, 0.4) is 0 Å². The average molecular weight is 331 g/mol. The molecule has 1 aromatic heterocycles. The molecule has 16 heavy (non-hydrogen) atoms. The van der Waals surface area contributed by atoms with Crippen LogP contribution in [0.1, 0.15) is 0 Å². The monoisotopic (exact) mass is 331 g/mol. The summed E-state index contributed by atoms with van der Waals surface area (Å²) in [4.78, 5) is 7.86. The van der Waals surface area contributed by atoms with Crippen molar-refractivity contribution in [3.8, 4) is 11.8 Å². The molecule has 0 aliphatic heterocycles. The average Bonchev–Trinajstić information content (AvgIpc) is 2.27. The second-order valence-corrected chi connectivity index (χ2v) is 4.21. The van der Waals surface area contributed by atoms with Gasteiger partial charge in [-0.3, -0.25) is 0 Å². The molecule has 0 aliphatic carbocycles. The molecule has 82 valence electrons. The van der Waals surface area contributed by atoms with Crippen LogP contribution < -0.4 is 10.5 Å². The first-order valence-corrected chi connectivity index (χ1v) is 5.43. The number of nitrogen functional groups attached to an aromatic ring is 1. The minimum atomic E-state index is -0.525. The van der Waals surface area contributed by atoms with Gasteiger partial charge in [-0.25, -0.2) is 14.4 Å². The Morgan fingerprint density at radius 1 is 1.25 bits per heavy atom. The molecule has 1 aromatic carbocycles. The number of rotatable bonds is 2. The van der Waals surface area contributed by atoms with Crippen molar-refractivity contribution < 1.29 is 9.13 Å². The first kappa shape index (κ1) is 11.1. The Balaban J connectivity index is 2.20. The zero-order valence-electron chi connectivity index (χ0n) is 8.02. The summed E-state index contributed by atoms with van der Waals surface area (Å²) in [5, 5.41) is 0. The van der Waals surface area contributed by atoms with Crippen LogP contribution >= 0.6 is 22.6 Å². The molecule has 0 radical (unpaired) electrons. The van der Waals surface area contributed by atoms with Crippen LogP contribution in [-0.4, -0.2) is 9.97 Å². The summed E-state index contributed by atoms with van der Waals surface area (Å²) in [6.45, 7) is 0. The van der Waals surface area contributed by atoms with Crippen molar-refractivity contribution in [2.24, 2.45) is 0 Å². The Labute approximate surface area is 105 Å². The van der Waals surface area contributed by atoms with E-state index in [0.29, 0.717) is 5.75 Å². The molecule has 0 fully saturated rings. The molecule has 0 saturated carbocycles. The van der Waals surface area contributed by atoms with Crippen molar-refractivity contribution >= 4 is 28.3 Å². The van der Waals surface area contributed by atoms with Crippen molar-refractivity contribution in [3.63, 3.8) is 0 Å². The Morgan fingerprint density at radius 3 is 2.56 bits per heavy atom. The fourth-order valence-electron chi connectivity index (χ4n) is 1.03. The molecule has 1 heterocycles. The zero-order valence-corrected chi connectivity index (χ0v) is 10.2. The van der Waals surface area contributed by atoms with E-state index in [1.165, 1.54) is 12.1 Å². The minimum Gasteiger partial charge on any atom is -0.424 e. The van der Waals surface area contributed by atoms with E-state index in [-0.39, 0.29) is 11.7 Å². The third kappa shape index (κ3) is 2.57. The molecule has 4 nitrogen and oxygen atoms in total. The van der Waals surface area contributed by atoms with E-state index >= 15 is 0 Å². The molecule has 0 unspecified atom stereocenters. The maximum atomic E-state index is 13.1. The first-order chi connectivity index (χ1) is 7.65. The van der Waals surface area contributed by atoms with E-state index in [0.717, 1.165) is 3.57 Å². The van der Waals surface area contributed by atoms with Gasteiger partial charge in [-0.15, -0.1) is 0 Å². The number of halogens is 2. The summed E-state index contributed by atoms with van der Waals surface area (Å²) >= 11 is 2.08. The number of ether oxygens (including phenoxy) is 1. The smallest absolute Gasteiger partial charge is 0.321 e. The van der Waals surface area contributed by atoms with E-state index in [1.54, 1.807) is 18.5 Å². The first-order valence-electron chi connectivity index (χ1n) is 4.35. The molecule has 0 bridgehead atoms. The molecule has 0 atom stereocenters. The van der Waals surface area contributed by atoms with Gasteiger partial charge < -0.3 is 10.5 Å². The van der Waals surface area contributed by atoms with Gasteiger partial charge in [0.15, 0.2) is 0 Å². The number of benzene rings is 1. The maximum Gasteiger partial charge on any atom is 0.321 e. The number of hydrogen-bond acceptors (Lipinski definition) is 4. The third-order valence-corrected chi connectivity index (χ3v) is 2.33. The van der Waals surface area contributed by atoms with Crippen LogP contribution in [0.25, 0.3) is 0 Å². The van der Waals surface area contributed by atoms with Crippen molar-refractivity contribution in [1.82, 2.24) is 9.97 Å². The van der Waals surface area contributed by atoms with E-state index < -0.39 is 5.82 Å². The minimum absolute atomic E-state index is 0.0795. The molecule has 2 aromatic rings. The number of nitrogens with two attached hydrogens (primary N) is 1. The number of nitrogens with zero attached hydrogens (tertiary/aromatic N) is 2. The predicted octanol–water partition coefficient (Wildman–Crippen LogP) is 2.59. The van der Waals surface area contributed by atoms with E-state index in [2.05, 4.69) is 32.6 Å². The van der Waals surface area contributed by atoms with Gasteiger partial charge in [-0.2, -0.15) is 0 Å². The van der Waals surface area contributed by atoms with Crippen LogP contribution in [0.5, 0.6) is 11.8 Å². The van der Waals surface area contributed by atoms with Crippen LogP contribution in [-0.2, 0) is 0 Å². The third-order valence-electron chi connectivity index (χ3n) is 1.78. The summed E-state index contributed by atoms with van der Waals surface area (Å²) in [5.74, 6) is -0.212. The summed E-state index contributed by atoms with van der Waals surface area (Å²) in [6, 6.07) is 4.35. The van der Waals surface area contributed by atoms with Crippen molar-refractivity contribution in [2.75, 3.05) is 5.73 Å². The van der Waals surface area contributed by atoms with Crippen LogP contribution in [0.4, 0.5) is 10.1 Å². The number of aromatic nitrogens is 2. The Morgan fingerprint density at radius 2 is 1.94 bits per heavy atom. The van der Waals surface area contributed by atoms with E-state index in [9.17, 15) is 4.39 Å². The standard InChI is InChI=1S/C10H7FIN3O/c11-8-3-7(1-2-9(8)13)16-10-14-4-6(12)5-15-10/h1-5H,13H2. The van der Waals surface area contributed by atoms with Gasteiger partial charge >= 0.3 is 6.01 Å². The molecule has 6 heteroatoms. The maximum absolute atomic E-state index is 13.1. The largest absolute Gasteiger partial charge is 0.424 e. The highest BCUT2D eigenvalue weighted by molar-refractivity contribution is 14.1. The summed E-state index contributed by atoms with van der Waals surface area (Å²) in [6.07, 6.45) is 3.22. The van der Waals surface area contributed by atoms with E-state index in [1.807, 2.05) is 0 Å². The Bertz CT molecular complexity index is 504. The lowest BCUT2D eigenvalue weighted by molar-refractivity contribution is 0.437. The Hall–Kier alpha value is -1.44. The quantitative estimate of drug-likeness (QED) is 0.679. The molecule has 0 spiro atoms. The second-order valence-electron chi connectivity index (χ2n) is 2.97. The van der Waals surface area contributed by atoms with Gasteiger partial charge in [0.1, 0.15) is 11.6 Å². The highest BCUT2D eigenvalue weighted by atomic mass is 127.